The number of halogens is 5. The van der Waals surface area contributed by atoms with Gasteiger partial charge in [-0.15, -0.1) is 0 Å². The number of amides is 1. The highest BCUT2D eigenvalue weighted by molar-refractivity contribution is 7.92. The molecule has 0 saturated carbocycles. The zero-order chi connectivity index (χ0) is 41.5. The van der Waals surface area contributed by atoms with E-state index >= 15 is 4.39 Å². The van der Waals surface area contributed by atoms with Crippen LogP contribution in [0.1, 0.15) is 44.1 Å². The van der Waals surface area contributed by atoms with Gasteiger partial charge in [-0.25, -0.2) is 27.0 Å². The Labute approximate surface area is 330 Å². The number of benzene rings is 5. The minimum absolute atomic E-state index is 0.0118. The van der Waals surface area contributed by atoms with Crippen LogP contribution in [0.5, 0.6) is 0 Å². The highest BCUT2D eigenvalue weighted by Crippen LogP contribution is 2.37. The maximum atomic E-state index is 15.0. The first kappa shape index (κ1) is 39.9. The number of hydrogen-bond donors (Lipinski definition) is 1. The number of esters is 1. The number of imidazole rings is 1. The summed E-state index contributed by atoms with van der Waals surface area (Å²) < 4.78 is 106. The molecule has 300 valence electrons. The van der Waals surface area contributed by atoms with Crippen LogP contribution in [0.2, 0.25) is 0 Å². The molecule has 0 spiro atoms. The molecular formula is C42H36F5N5O5S. The molecule has 1 aromatic heterocycles. The van der Waals surface area contributed by atoms with Crippen LogP contribution in [0.3, 0.4) is 0 Å². The Hall–Kier alpha value is -6.29. The zero-order valence-corrected chi connectivity index (χ0v) is 32.2. The Balaban J connectivity index is 1.30. The minimum atomic E-state index is -4.84. The zero-order valence-electron chi connectivity index (χ0n) is 31.3. The second-order valence-corrected chi connectivity index (χ2v) is 15.8. The molecule has 1 N–H and O–H groups in total. The molecule has 1 fully saturated rings. The molecule has 7 rings (SSSR count). The average Bonchev–Trinajstić information content (AvgIpc) is 3.77. The van der Waals surface area contributed by atoms with Gasteiger partial charge in [0, 0.05) is 32.9 Å². The van der Waals surface area contributed by atoms with Crippen molar-refractivity contribution in [3.63, 3.8) is 0 Å². The van der Waals surface area contributed by atoms with Gasteiger partial charge in [0.2, 0.25) is 0 Å². The summed E-state index contributed by atoms with van der Waals surface area (Å²) in [5.74, 6) is -2.66. The van der Waals surface area contributed by atoms with Gasteiger partial charge in [-0.3, -0.25) is 9.10 Å². The molecule has 2 heterocycles. The summed E-state index contributed by atoms with van der Waals surface area (Å²) in [5.41, 5.74) is 0.517. The lowest BCUT2D eigenvalue weighted by Gasteiger charge is -2.23. The number of sulfonamides is 1. The van der Waals surface area contributed by atoms with Crippen molar-refractivity contribution >= 4 is 50.0 Å². The van der Waals surface area contributed by atoms with Crippen molar-refractivity contribution in [1.82, 2.24) is 9.55 Å². The Bertz CT molecular complexity index is 2650. The van der Waals surface area contributed by atoms with Crippen LogP contribution in [-0.4, -0.2) is 56.2 Å². The van der Waals surface area contributed by atoms with Crippen molar-refractivity contribution < 1.29 is 44.7 Å². The second kappa shape index (κ2) is 15.6. The van der Waals surface area contributed by atoms with Gasteiger partial charge in [-0.1, -0.05) is 42.5 Å². The molecule has 1 saturated heterocycles. The summed E-state index contributed by atoms with van der Waals surface area (Å²) in [6, 6.07) is 24.0. The van der Waals surface area contributed by atoms with E-state index < -0.39 is 51.3 Å². The van der Waals surface area contributed by atoms with Gasteiger partial charge in [0.05, 0.1) is 44.0 Å². The quantitative estimate of drug-likeness (QED) is 0.109. The molecule has 0 bridgehead atoms. The number of aryl methyl sites for hydroxylation is 2. The number of nitrogens with zero attached hydrogens (tertiary/aromatic N) is 4. The summed E-state index contributed by atoms with van der Waals surface area (Å²) in [6.07, 6.45) is -5.83. The number of carbonyl (C=O) groups is 2. The first-order valence-corrected chi connectivity index (χ1v) is 19.4. The van der Waals surface area contributed by atoms with Crippen LogP contribution in [0.25, 0.3) is 22.2 Å². The van der Waals surface area contributed by atoms with E-state index in [1.54, 1.807) is 59.5 Å². The van der Waals surface area contributed by atoms with E-state index in [9.17, 15) is 35.6 Å². The molecule has 5 aromatic carbocycles. The SMILES string of the molecule is Cc1nc2cc(S(=O)(=O)N(C)c3ccc(-c4cc(N5CC[C@@H](F)C5)cc(C(=O)Nc5ccc(C(F)(F)F)cc5F)c4C(=O)OCc4ccccc4)cc3)ccc2n1C. The van der Waals surface area contributed by atoms with Gasteiger partial charge < -0.3 is 19.5 Å². The van der Waals surface area contributed by atoms with Gasteiger partial charge in [0.15, 0.2) is 0 Å². The Morgan fingerprint density at radius 2 is 1.69 bits per heavy atom. The lowest BCUT2D eigenvalue weighted by molar-refractivity contribution is -0.137. The fourth-order valence-electron chi connectivity index (χ4n) is 6.77. The smallest absolute Gasteiger partial charge is 0.416 e. The number of anilines is 3. The third-order valence-electron chi connectivity index (χ3n) is 10.1. The number of fused-ring (bicyclic) bond motifs is 1. The second-order valence-electron chi connectivity index (χ2n) is 13.8. The summed E-state index contributed by atoms with van der Waals surface area (Å²) >= 11 is 0. The maximum Gasteiger partial charge on any atom is 0.416 e. The summed E-state index contributed by atoms with van der Waals surface area (Å²) in [5, 5.41) is 2.29. The monoisotopic (exact) mass is 817 g/mol. The molecule has 1 atom stereocenters. The van der Waals surface area contributed by atoms with E-state index in [2.05, 4.69) is 10.3 Å². The molecule has 1 aliphatic heterocycles. The normalized spacial score (nSPS) is 14.5. The maximum absolute atomic E-state index is 15.0. The number of carbonyl (C=O) groups excluding carboxylic acids is 2. The van der Waals surface area contributed by atoms with Crippen molar-refractivity contribution in [2.75, 3.05) is 34.7 Å². The van der Waals surface area contributed by atoms with Crippen molar-refractivity contribution in [2.45, 2.75) is 37.2 Å². The van der Waals surface area contributed by atoms with E-state index in [1.165, 1.54) is 37.4 Å². The predicted molar refractivity (Wildman–Crippen MR) is 210 cm³/mol. The Morgan fingerprint density at radius 1 is 0.966 bits per heavy atom. The average molecular weight is 818 g/mol. The molecular weight excluding hydrogens is 782 g/mol. The highest BCUT2D eigenvalue weighted by atomic mass is 32.2. The van der Waals surface area contributed by atoms with Crippen LogP contribution >= 0.6 is 0 Å². The van der Waals surface area contributed by atoms with E-state index in [-0.39, 0.29) is 59.5 Å². The molecule has 1 amide bonds. The van der Waals surface area contributed by atoms with Gasteiger partial charge in [-0.05, 0) is 90.7 Å². The van der Waals surface area contributed by atoms with Crippen LogP contribution in [-0.2, 0) is 34.6 Å². The van der Waals surface area contributed by atoms with E-state index in [0.29, 0.717) is 34.2 Å². The molecule has 0 aliphatic carbocycles. The predicted octanol–water partition coefficient (Wildman–Crippen LogP) is 8.69. The van der Waals surface area contributed by atoms with Crippen molar-refractivity contribution in [1.29, 1.82) is 0 Å². The Kier molecular flexibility index (Phi) is 10.7. The standard InChI is InChI=1S/C42H36F5N5O5S/c1-25-48-37-22-32(14-16-38(37)50(25)2)58(55,56)51(3)30-12-9-27(10-13-30)33-20-31(52-18-17-29(43)23-52)21-34(39(33)41(54)57-24-26-7-5-4-6-8-26)40(53)49-36-15-11-28(19-35(36)44)42(45,46)47/h4-16,19-22,29H,17-18,23-24H2,1-3H3,(H,49,53)/t29-/m1/s1. The molecule has 16 heteroatoms. The fraction of sp³-hybridized carbons (Fsp3) is 0.214. The minimum Gasteiger partial charge on any atom is -0.457 e. The van der Waals surface area contributed by atoms with Gasteiger partial charge in [0.1, 0.15) is 24.4 Å². The summed E-state index contributed by atoms with van der Waals surface area (Å²) in [6.45, 7) is 1.84. The Morgan fingerprint density at radius 3 is 2.34 bits per heavy atom. The molecule has 58 heavy (non-hydrogen) atoms. The molecule has 6 aromatic rings. The first-order valence-electron chi connectivity index (χ1n) is 18.0. The van der Waals surface area contributed by atoms with E-state index in [4.69, 9.17) is 4.74 Å². The fourth-order valence-corrected chi connectivity index (χ4v) is 7.99. The first-order chi connectivity index (χ1) is 27.5. The van der Waals surface area contributed by atoms with Gasteiger partial charge >= 0.3 is 12.1 Å². The number of ether oxygens (including phenoxy) is 1. The number of rotatable bonds is 10. The number of nitrogens with one attached hydrogen (secondary N) is 1. The summed E-state index contributed by atoms with van der Waals surface area (Å²) in [4.78, 5) is 34.3. The lowest BCUT2D eigenvalue weighted by atomic mass is 9.93. The van der Waals surface area contributed by atoms with Crippen LogP contribution in [0.4, 0.5) is 39.0 Å². The van der Waals surface area contributed by atoms with Crippen LogP contribution in [0, 0.1) is 12.7 Å². The number of alkyl halides is 4. The third kappa shape index (κ3) is 7.96. The van der Waals surface area contributed by atoms with Crippen LogP contribution in [0.15, 0.2) is 108 Å². The van der Waals surface area contributed by atoms with Crippen molar-refractivity contribution in [2.24, 2.45) is 7.05 Å². The highest BCUT2D eigenvalue weighted by Gasteiger charge is 2.33. The van der Waals surface area contributed by atoms with E-state index in [1.807, 2.05) is 18.5 Å². The van der Waals surface area contributed by atoms with Gasteiger partial charge in [-0.2, -0.15) is 13.2 Å². The van der Waals surface area contributed by atoms with Gasteiger partial charge in [0.25, 0.3) is 15.9 Å². The van der Waals surface area contributed by atoms with Crippen LogP contribution < -0.4 is 14.5 Å². The summed E-state index contributed by atoms with van der Waals surface area (Å²) in [7, 11) is -0.872. The lowest BCUT2D eigenvalue weighted by Crippen LogP contribution is -2.26. The molecule has 10 nitrogen and oxygen atoms in total. The van der Waals surface area contributed by atoms with Crippen molar-refractivity contribution in [3.8, 4) is 11.1 Å². The number of hydrogen-bond acceptors (Lipinski definition) is 7. The van der Waals surface area contributed by atoms with E-state index in [0.717, 1.165) is 15.9 Å². The topological polar surface area (TPSA) is 114 Å². The van der Waals surface area contributed by atoms with Crippen molar-refractivity contribution in [3.05, 3.63) is 137 Å². The molecule has 0 unspecified atom stereocenters. The number of aromatic nitrogens is 2. The molecule has 1 aliphatic rings. The third-order valence-corrected chi connectivity index (χ3v) is 11.9. The molecule has 0 radical (unpaired) electrons. The largest absolute Gasteiger partial charge is 0.457 e.